The van der Waals surface area contributed by atoms with Gasteiger partial charge < -0.3 is 24.6 Å². The lowest BCUT2D eigenvalue weighted by atomic mass is 9.87. The van der Waals surface area contributed by atoms with Crippen molar-refractivity contribution in [3.63, 3.8) is 0 Å². The topological polar surface area (TPSA) is 103 Å². The minimum absolute atomic E-state index is 0.0516. The van der Waals surface area contributed by atoms with Gasteiger partial charge in [0.2, 0.25) is 0 Å². The normalized spacial score (nSPS) is 17.3. The number of phenols is 1. The van der Waals surface area contributed by atoms with Gasteiger partial charge in [-0.2, -0.15) is 0 Å². The molecule has 278 valence electrons. The maximum absolute atomic E-state index is 13.9. The molecule has 2 fully saturated rings. The molecule has 3 aromatic carbocycles. The van der Waals surface area contributed by atoms with Gasteiger partial charge in [0, 0.05) is 66.6 Å². The van der Waals surface area contributed by atoms with Gasteiger partial charge in [0.15, 0.2) is 11.6 Å². The number of amides is 2. The first-order valence-electron chi connectivity index (χ1n) is 17.6. The molecule has 2 atom stereocenters. The van der Waals surface area contributed by atoms with E-state index in [1.54, 1.807) is 53.4 Å². The highest BCUT2D eigenvalue weighted by molar-refractivity contribution is 6.42. The first kappa shape index (κ1) is 39.9. The lowest BCUT2D eigenvalue weighted by molar-refractivity contribution is -0.121. The Morgan fingerprint density at radius 3 is 2.23 bits per heavy atom. The molecular formula is C39H44Cl4N4O5. The third-order valence-electron chi connectivity index (χ3n) is 9.98. The Morgan fingerprint density at radius 1 is 0.904 bits per heavy atom. The number of rotatable bonds is 15. The van der Waals surface area contributed by atoms with Crippen LogP contribution in [0, 0.1) is 0 Å². The van der Waals surface area contributed by atoms with Gasteiger partial charge in [-0.05, 0) is 99.2 Å². The monoisotopic (exact) mass is 788 g/mol. The highest BCUT2D eigenvalue weighted by Crippen LogP contribution is 2.32. The van der Waals surface area contributed by atoms with E-state index >= 15 is 0 Å². The molecule has 2 aliphatic heterocycles. The summed E-state index contributed by atoms with van der Waals surface area (Å²) in [5.74, 6) is -0.193. The number of likely N-dealkylation sites (tertiary alicyclic amines) is 1. The Kier molecular flexibility index (Phi) is 14.3. The second kappa shape index (κ2) is 18.6. The van der Waals surface area contributed by atoms with Gasteiger partial charge in [0.1, 0.15) is 12.9 Å². The van der Waals surface area contributed by atoms with Gasteiger partial charge in [-0.3, -0.25) is 9.59 Å². The summed E-state index contributed by atoms with van der Waals surface area (Å²) in [7, 11) is 1.49. The average Bonchev–Trinajstić information content (AvgIpc) is 3.11. The number of oxime groups is 1. The number of piperidine rings is 1. The molecule has 52 heavy (non-hydrogen) atoms. The van der Waals surface area contributed by atoms with Crippen LogP contribution in [-0.2, 0) is 16.1 Å². The number of nitrogens with zero attached hydrogens (tertiary/aromatic N) is 4. The second-order valence-electron chi connectivity index (χ2n) is 13.5. The first-order chi connectivity index (χ1) is 24.9. The number of halogens is 4. The van der Waals surface area contributed by atoms with Crippen molar-refractivity contribution < 1.29 is 24.3 Å². The second-order valence-corrected chi connectivity index (χ2v) is 15.1. The van der Waals surface area contributed by atoms with E-state index in [1.807, 2.05) is 17.0 Å². The summed E-state index contributed by atoms with van der Waals surface area (Å²) in [5, 5.41) is 15.7. The van der Waals surface area contributed by atoms with E-state index in [9.17, 15) is 19.5 Å². The van der Waals surface area contributed by atoms with E-state index in [-0.39, 0.29) is 41.7 Å². The summed E-state index contributed by atoms with van der Waals surface area (Å²) in [5.41, 5.74) is 2.97. The third-order valence-corrected chi connectivity index (χ3v) is 11.2. The number of aromatic hydroxyl groups is 1. The molecule has 0 radical (unpaired) electrons. The van der Waals surface area contributed by atoms with Crippen LogP contribution in [-0.4, -0.2) is 95.0 Å². The van der Waals surface area contributed by atoms with Crippen LogP contribution in [0.4, 0.5) is 4.79 Å². The Balaban J connectivity index is 1.23. The molecule has 5 rings (SSSR count). The summed E-state index contributed by atoms with van der Waals surface area (Å²) in [4.78, 5) is 51.2. The Morgan fingerprint density at radius 2 is 1.60 bits per heavy atom. The van der Waals surface area contributed by atoms with Gasteiger partial charge in [0.05, 0.1) is 21.8 Å². The summed E-state index contributed by atoms with van der Waals surface area (Å²) < 4.78 is 0. The smallest absolute Gasteiger partial charge is 0.320 e. The fraction of sp³-hybridized carbons (Fsp3) is 0.436. The zero-order chi connectivity index (χ0) is 37.4. The predicted molar refractivity (Wildman–Crippen MR) is 207 cm³/mol. The van der Waals surface area contributed by atoms with E-state index in [2.05, 4.69) is 10.1 Å². The highest BCUT2D eigenvalue weighted by Gasteiger charge is 2.37. The Labute approximate surface area is 325 Å². The van der Waals surface area contributed by atoms with Crippen molar-refractivity contribution in [2.24, 2.45) is 5.16 Å². The minimum atomic E-state index is -0.556. The summed E-state index contributed by atoms with van der Waals surface area (Å²) >= 11 is 25.0. The van der Waals surface area contributed by atoms with Crippen molar-refractivity contribution in [1.29, 1.82) is 0 Å². The molecule has 9 nitrogen and oxygen atoms in total. The minimum Gasteiger partial charge on any atom is -0.508 e. The van der Waals surface area contributed by atoms with Gasteiger partial charge in [0.25, 0.3) is 0 Å². The van der Waals surface area contributed by atoms with E-state index in [0.717, 1.165) is 50.0 Å². The van der Waals surface area contributed by atoms with Crippen LogP contribution in [0.5, 0.6) is 5.75 Å². The molecule has 0 aromatic heterocycles. The SMILES string of the molecule is CO/N=C(\CCC(=O)c1cc(Cl)cc(Cl)c1)C(CCN1CCC(N2CCCN(C(Cc3ccc(O)cc3)C(C)=O)C2=O)CC1)c1ccc(Cl)c(Cl)c1. The van der Waals surface area contributed by atoms with Crippen molar-refractivity contribution in [1.82, 2.24) is 14.7 Å². The molecular weight excluding hydrogens is 746 g/mol. The van der Waals surface area contributed by atoms with E-state index in [4.69, 9.17) is 51.2 Å². The summed E-state index contributed by atoms with van der Waals surface area (Å²) in [6.45, 7) is 5.10. The maximum Gasteiger partial charge on any atom is 0.320 e. The maximum atomic E-state index is 13.9. The van der Waals surface area contributed by atoms with Gasteiger partial charge >= 0.3 is 6.03 Å². The molecule has 0 spiro atoms. The summed E-state index contributed by atoms with van der Waals surface area (Å²) in [6.07, 6.45) is 4.06. The molecule has 2 unspecified atom stereocenters. The number of benzene rings is 3. The van der Waals surface area contributed by atoms with Crippen molar-refractivity contribution in [2.75, 3.05) is 39.8 Å². The fourth-order valence-electron chi connectivity index (χ4n) is 7.25. The molecule has 0 saturated carbocycles. The number of carbonyl (C=O) groups is 3. The zero-order valence-electron chi connectivity index (χ0n) is 29.4. The van der Waals surface area contributed by atoms with Crippen LogP contribution >= 0.6 is 46.4 Å². The van der Waals surface area contributed by atoms with Crippen LogP contribution in [0.3, 0.4) is 0 Å². The highest BCUT2D eigenvalue weighted by atomic mass is 35.5. The molecule has 1 N–H and O–H groups in total. The van der Waals surface area contributed by atoms with Crippen molar-refractivity contribution in [3.8, 4) is 5.75 Å². The summed E-state index contributed by atoms with van der Waals surface area (Å²) in [6, 6.07) is 16.6. The first-order valence-corrected chi connectivity index (χ1v) is 19.1. The van der Waals surface area contributed by atoms with Gasteiger partial charge in [-0.1, -0.05) is 69.8 Å². The van der Waals surface area contributed by atoms with Crippen LogP contribution in [0.2, 0.25) is 20.1 Å². The lowest BCUT2D eigenvalue weighted by Gasteiger charge is -2.45. The molecule has 2 saturated heterocycles. The van der Waals surface area contributed by atoms with Gasteiger partial charge in [-0.15, -0.1) is 0 Å². The van der Waals surface area contributed by atoms with Crippen LogP contribution in [0.25, 0.3) is 0 Å². The van der Waals surface area contributed by atoms with Gasteiger partial charge in [-0.25, -0.2) is 4.79 Å². The van der Waals surface area contributed by atoms with Crippen LogP contribution < -0.4 is 0 Å². The fourth-order valence-corrected chi connectivity index (χ4v) is 8.08. The van der Waals surface area contributed by atoms with Crippen molar-refractivity contribution >= 4 is 69.7 Å². The van der Waals surface area contributed by atoms with Crippen molar-refractivity contribution in [2.45, 2.75) is 69.9 Å². The third kappa shape index (κ3) is 10.4. The Bertz CT molecular complexity index is 1740. The molecule has 2 amide bonds. The number of urea groups is 1. The average molecular weight is 791 g/mol. The number of Topliss-reactive ketones (excluding diaryl/α,β-unsaturated/α-hetero) is 2. The van der Waals surface area contributed by atoms with Crippen molar-refractivity contribution in [3.05, 3.63) is 97.4 Å². The number of ketones is 2. The molecule has 13 heteroatoms. The lowest BCUT2D eigenvalue weighted by Crippen LogP contribution is -2.59. The standard InChI is InChI=1S/C39H44Cl4N4O5/c1-25(48)37(20-26-4-7-32(49)8-5-26)47-16-3-15-46(39(47)51)31-12-17-45(18-13-31)19-14-33(27-6-9-34(42)35(43)23-27)36(44-52-2)10-11-38(50)28-21-29(40)24-30(41)22-28/h4-9,21-24,31,33,37,49H,3,10-20H2,1-2H3/b44-36+. The number of phenolic OH excluding ortho intramolecular Hbond substituents is 1. The predicted octanol–water partition coefficient (Wildman–Crippen LogP) is 8.94. The number of carbonyl (C=O) groups excluding carboxylic acids is 3. The quantitative estimate of drug-likeness (QED) is 0.0938. The molecule has 0 aliphatic carbocycles. The molecule has 3 aromatic rings. The van der Waals surface area contributed by atoms with E-state index < -0.39 is 6.04 Å². The molecule has 2 aliphatic rings. The van der Waals surface area contributed by atoms with E-state index in [0.29, 0.717) is 63.7 Å². The number of hydrogen-bond donors (Lipinski definition) is 1. The van der Waals surface area contributed by atoms with E-state index in [1.165, 1.54) is 14.0 Å². The number of hydrogen-bond acceptors (Lipinski definition) is 7. The molecule has 0 bridgehead atoms. The largest absolute Gasteiger partial charge is 0.508 e. The van der Waals surface area contributed by atoms with Crippen LogP contribution in [0.15, 0.2) is 65.8 Å². The molecule has 2 heterocycles. The Hall–Kier alpha value is -3.34. The van der Waals surface area contributed by atoms with Crippen LogP contribution in [0.1, 0.15) is 72.9 Å². The zero-order valence-corrected chi connectivity index (χ0v) is 32.4.